The Balaban J connectivity index is 1.56. The molecule has 2 aromatic rings. The lowest BCUT2D eigenvalue weighted by Gasteiger charge is -2.40. The first-order valence-corrected chi connectivity index (χ1v) is 11.8. The highest BCUT2D eigenvalue weighted by molar-refractivity contribution is 7.10. The van der Waals surface area contributed by atoms with E-state index in [0.29, 0.717) is 25.0 Å². The lowest BCUT2D eigenvalue weighted by Crippen LogP contribution is -2.57. The molecule has 10 heteroatoms. The molecule has 1 fully saturated rings. The summed E-state index contributed by atoms with van der Waals surface area (Å²) >= 11 is 1.42. The van der Waals surface area contributed by atoms with Gasteiger partial charge in [0.2, 0.25) is 5.72 Å². The number of benzene rings is 1. The smallest absolute Gasteiger partial charge is 0.337 e. The van der Waals surface area contributed by atoms with Gasteiger partial charge < -0.3 is 30.5 Å². The Labute approximate surface area is 206 Å². The molecule has 1 aromatic heterocycles. The van der Waals surface area contributed by atoms with Crippen molar-refractivity contribution in [3.63, 3.8) is 0 Å². The van der Waals surface area contributed by atoms with Crippen molar-refractivity contribution >= 4 is 29.5 Å². The number of aliphatic carboxylic acids is 2. The number of carboxylic acid groups (broad SMARTS) is 2. The van der Waals surface area contributed by atoms with E-state index < -0.39 is 23.2 Å². The van der Waals surface area contributed by atoms with Crippen molar-refractivity contribution in [1.82, 2.24) is 15.5 Å². The standard InChI is InChI=1S/C25H24N4O5S/c30-23(31)13-21(24(32)33)25(17-27-14-22(28-25)29-10-8-26-9-11-29)34-15-20-12-19(16-35-20)7-6-18-4-2-1-3-5-18/h1-5,12-14,16-17,26,28H,8-11,15H2,(H,30,31)(H,32,33)/b21-13+. The SMILES string of the molecule is O=C(O)/C=C(\C(=O)O)C1(OCc2cc(C#Cc3ccccc3)cs2)C=NC=C(N2CCNCC2)N1. The third-order valence-corrected chi connectivity index (χ3v) is 6.25. The molecule has 0 spiro atoms. The number of rotatable bonds is 7. The second-order valence-corrected chi connectivity index (χ2v) is 8.79. The van der Waals surface area contributed by atoms with Gasteiger partial charge in [-0.3, -0.25) is 4.99 Å². The Hall–Kier alpha value is -3.91. The maximum Gasteiger partial charge on any atom is 0.337 e. The van der Waals surface area contributed by atoms with Gasteiger partial charge in [-0.2, -0.15) is 0 Å². The molecule has 4 N–H and O–H groups in total. The molecule has 2 aliphatic heterocycles. The fourth-order valence-electron chi connectivity index (χ4n) is 3.65. The van der Waals surface area contributed by atoms with Gasteiger partial charge >= 0.3 is 11.9 Å². The zero-order valence-corrected chi connectivity index (χ0v) is 19.5. The van der Waals surface area contributed by atoms with Crippen LogP contribution in [0.3, 0.4) is 0 Å². The number of nitrogens with one attached hydrogen (secondary N) is 2. The van der Waals surface area contributed by atoms with Crippen molar-refractivity contribution in [3.8, 4) is 11.8 Å². The quantitative estimate of drug-likeness (QED) is 0.341. The lowest BCUT2D eigenvalue weighted by molar-refractivity contribution is -0.137. The Morgan fingerprint density at radius 1 is 1.17 bits per heavy atom. The van der Waals surface area contributed by atoms with E-state index in [4.69, 9.17) is 4.74 Å². The van der Waals surface area contributed by atoms with Gasteiger partial charge in [0, 0.05) is 53.6 Å². The molecule has 1 atom stereocenters. The molecule has 180 valence electrons. The van der Waals surface area contributed by atoms with E-state index in [1.54, 1.807) is 6.20 Å². The van der Waals surface area contributed by atoms with Crippen molar-refractivity contribution in [2.24, 2.45) is 4.99 Å². The zero-order chi connectivity index (χ0) is 24.7. The summed E-state index contributed by atoms with van der Waals surface area (Å²) < 4.78 is 6.08. The predicted octanol–water partition coefficient (Wildman–Crippen LogP) is 1.83. The molecular formula is C25H24N4O5S. The van der Waals surface area contributed by atoms with E-state index >= 15 is 0 Å². The number of hydrogen-bond acceptors (Lipinski definition) is 8. The minimum atomic E-state index is -1.76. The van der Waals surface area contributed by atoms with Gasteiger partial charge in [-0.1, -0.05) is 30.0 Å². The largest absolute Gasteiger partial charge is 0.478 e. The summed E-state index contributed by atoms with van der Waals surface area (Å²) in [6.07, 6.45) is 3.49. The molecule has 0 aliphatic carbocycles. The minimum Gasteiger partial charge on any atom is -0.478 e. The van der Waals surface area contributed by atoms with Gasteiger partial charge in [-0.15, -0.1) is 11.3 Å². The van der Waals surface area contributed by atoms with E-state index in [2.05, 4.69) is 27.5 Å². The van der Waals surface area contributed by atoms with Gasteiger partial charge in [0.1, 0.15) is 11.4 Å². The van der Waals surface area contributed by atoms with Gasteiger partial charge in [0.05, 0.1) is 19.0 Å². The first-order valence-electron chi connectivity index (χ1n) is 10.9. The number of aliphatic imine (C=N–C) groups is 1. The van der Waals surface area contributed by atoms with Crippen LogP contribution >= 0.6 is 11.3 Å². The van der Waals surface area contributed by atoms with Crippen LogP contribution in [0, 0.1) is 11.8 Å². The average molecular weight is 493 g/mol. The summed E-state index contributed by atoms with van der Waals surface area (Å²) in [5.41, 5.74) is -0.540. The molecule has 9 nitrogen and oxygen atoms in total. The molecule has 1 unspecified atom stereocenters. The molecule has 2 aliphatic rings. The van der Waals surface area contributed by atoms with Gasteiger partial charge in [0.15, 0.2) is 0 Å². The molecular weight excluding hydrogens is 468 g/mol. The fraction of sp³-hybridized carbons (Fsp3) is 0.240. The summed E-state index contributed by atoms with van der Waals surface area (Å²) in [5, 5.41) is 27.4. The van der Waals surface area contributed by atoms with Crippen LogP contribution in [0.25, 0.3) is 0 Å². The summed E-state index contributed by atoms with van der Waals surface area (Å²) in [4.78, 5) is 30.6. The molecule has 1 saturated heterocycles. The number of carbonyl (C=O) groups is 2. The summed E-state index contributed by atoms with van der Waals surface area (Å²) in [7, 11) is 0. The van der Waals surface area contributed by atoms with Crippen LogP contribution in [0.1, 0.15) is 16.0 Å². The molecule has 1 aromatic carbocycles. The highest BCUT2D eigenvalue weighted by Gasteiger charge is 2.42. The third kappa shape index (κ3) is 6.16. The molecule has 4 rings (SSSR count). The Morgan fingerprint density at radius 2 is 1.91 bits per heavy atom. The molecule has 0 amide bonds. The Kier molecular flexibility index (Phi) is 7.62. The van der Waals surface area contributed by atoms with Crippen LogP contribution in [0.5, 0.6) is 0 Å². The number of ether oxygens (including phenoxy) is 1. The van der Waals surface area contributed by atoms with E-state index in [1.165, 1.54) is 17.6 Å². The highest BCUT2D eigenvalue weighted by Crippen LogP contribution is 2.27. The van der Waals surface area contributed by atoms with Crippen molar-refractivity contribution in [2.75, 3.05) is 26.2 Å². The first kappa shape index (κ1) is 24.2. The van der Waals surface area contributed by atoms with E-state index in [-0.39, 0.29) is 6.61 Å². The van der Waals surface area contributed by atoms with Crippen LogP contribution in [-0.2, 0) is 20.9 Å². The normalized spacial score (nSPS) is 19.8. The average Bonchev–Trinajstić information content (AvgIpc) is 3.34. The van der Waals surface area contributed by atoms with Crippen LogP contribution in [0.15, 0.2) is 70.4 Å². The summed E-state index contributed by atoms with van der Waals surface area (Å²) in [6.45, 7) is 2.91. The second kappa shape index (κ2) is 11.0. The number of hydrogen-bond donors (Lipinski definition) is 4. The van der Waals surface area contributed by atoms with Crippen molar-refractivity contribution in [2.45, 2.75) is 12.3 Å². The minimum absolute atomic E-state index is 0.0236. The monoisotopic (exact) mass is 492 g/mol. The van der Waals surface area contributed by atoms with Gasteiger partial charge in [-0.25, -0.2) is 9.59 Å². The second-order valence-electron chi connectivity index (χ2n) is 7.80. The number of piperazine rings is 1. The molecule has 35 heavy (non-hydrogen) atoms. The predicted molar refractivity (Wildman–Crippen MR) is 132 cm³/mol. The highest BCUT2D eigenvalue weighted by atomic mass is 32.1. The van der Waals surface area contributed by atoms with Crippen LogP contribution in [0.4, 0.5) is 0 Å². The number of nitrogens with zero attached hydrogens (tertiary/aromatic N) is 2. The number of thiophene rings is 1. The molecule has 0 saturated carbocycles. The maximum atomic E-state index is 12.1. The maximum absolute atomic E-state index is 12.1. The lowest BCUT2D eigenvalue weighted by atomic mass is 10.0. The topological polar surface area (TPSA) is 123 Å². The molecule has 0 radical (unpaired) electrons. The van der Waals surface area contributed by atoms with Gasteiger partial charge in [-0.05, 0) is 18.2 Å². The van der Waals surface area contributed by atoms with E-state index in [0.717, 1.165) is 29.1 Å². The van der Waals surface area contributed by atoms with E-state index in [9.17, 15) is 19.8 Å². The van der Waals surface area contributed by atoms with Gasteiger partial charge in [0.25, 0.3) is 0 Å². The van der Waals surface area contributed by atoms with E-state index in [1.807, 2.05) is 46.7 Å². The molecule has 3 heterocycles. The van der Waals surface area contributed by atoms with Crippen LogP contribution in [-0.4, -0.2) is 65.2 Å². The van der Waals surface area contributed by atoms with Crippen LogP contribution < -0.4 is 10.6 Å². The van der Waals surface area contributed by atoms with Crippen molar-refractivity contribution in [3.05, 3.63) is 81.5 Å². The fourth-order valence-corrected chi connectivity index (χ4v) is 4.37. The number of carboxylic acids is 2. The Morgan fingerprint density at radius 3 is 2.63 bits per heavy atom. The van der Waals surface area contributed by atoms with Crippen LogP contribution in [0.2, 0.25) is 0 Å². The molecule has 0 bridgehead atoms. The van der Waals surface area contributed by atoms with Crippen molar-refractivity contribution < 1.29 is 24.5 Å². The third-order valence-electron chi connectivity index (χ3n) is 5.34. The first-order chi connectivity index (χ1) is 16.9. The summed E-state index contributed by atoms with van der Waals surface area (Å²) in [5.74, 6) is 3.94. The summed E-state index contributed by atoms with van der Waals surface area (Å²) in [6, 6.07) is 11.5. The Bertz CT molecular complexity index is 1240. The van der Waals surface area contributed by atoms with Crippen molar-refractivity contribution in [1.29, 1.82) is 0 Å². The zero-order valence-electron chi connectivity index (χ0n) is 18.7.